The quantitative estimate of drug-likeness (QED) is 0.736. The van der Waals surface area contributed by atoms with Gasteiger partial charge in [-0.25, -0.2) is 0 Å². The van der Waals surface area contributed by atoms with E-state index in [2.05, 4.69) is 25.1 Å². The number of hydrogen-bond acceptors (Lipinski definition) is 4. The molecule has 28 heavy (non-hydrogen) atoms. The van der Waals surface area contributed by atoms with E-state index in [1.807, 2.05) is 47.8 Å². The Morgan fingerprint density at radius 1 is 1.25 bits per heavy atom. The fourth-order valence-electron chi connectivity index (χ4n) is 3.85. The largest absolute Gasteiger partial charge is 0.494 e. The molecule has 6 heteroatoms. The van der Waals surface area contributed by atoms with Gasteiger partial charge in [-0.3, -0.25) is 9.48 Å². The number of likely N-dealkylation sites (tertiary alicyclic amines) is 1. The van der Waals surface area contributed by atoms with Gasteiger partial charge in [0.1, 0.15) is 5.75 Å². The zero-order valence-electron chi connectivity index (χ0n) is 17.5. The standard InChI is InChI=1S/C22H32N4O2/c1-5-28-19-11-9-17(10-12-19)14-22(27)26-13-7-6-8-21(26)20-15-18(16-24(2)3)25(4)23-20/h9-12,15,21H,5-8,13-14,16H2,1-4H3. The number of carbonyl (C=O) groups is 1. The zero-order valence-corrected chi connectivity index (χ0v) is 17.5. The third-order valence-electron chi connectivity index (χ3n) is 5.23. The second-order valence-corrected chi connectivity index (χ2v) is 7.77. The summed E-state index contributed by atoms with van der Waals surface area (Å²) in [6.45, 7) is 4.26. The summed E-state index contributed by atoms with van der Waals surface area (Å²) in [5.41, 5.74) is 3.20. The third-order valence-corrected chi connectivity index (χ3v) is 5.23. The monoisotopic (exact) mass is 384 g/mol. The van der Waals surface area contributed by atoms with Gasteiger partial charge in [0.05, 0.1) is 30.5 Å². The lowest BCUT2D eigenvalue weighted by molar-refractivity contribution is -0.134. The highest BCUT2D eigenvalue weighted by Crippen LogP contribution is 2.31. The minimum atomic E-state index is 0.0751. The molecule has 152 valence electrons. The van der Waals surface area contributed by atoms with Gasteiger partial charge in [0.2, 0.25) is 5.91 Å². The summed E-state index contributed by atoms with van der Waals surface area (Å²) in [5.74, 6) is 1.02. The third kappa shape index (κ3) is 4.93. The van der Waals surface area contributed by atoms with Crippen LogP contribution in [0, 0.1) is 0 Å². The molecule has 1 aliphatic heterocycles. The van der Waals surface area contributed by atoms with Crippen molar-refractivity contribution < 1.29 is 9.53 Å². The first kappa shape index (κ1) is 20.4. The number of carbonyl (C=O) groups excluding carboxylic acids is 1. The van der Waals surface area contributed by atoms with Crippen molar-refractivity contribution in [1.82, 2.24) is 19.6 Å². The van der Waals surface area contributed by atoms with Crippen LogP contribution in [0.5, 0.6) is 5.75 Å². The number of aryl methyl sites for hydroxylation is 1. The summed E-state index contributed by atoms with van der Waals surface area (Å²) < 4.78 is 7.43. The number of hydrogen-bond donors (Lipinski definition) is 0. The topological polar surface area (TPSA) is 50.6 Å². The molecular formula is C22H32N4O2. The molecule has 2 aromatic rings. The first-order chi connectivity index (χ1) is 13.5. The van der Waals surface area contributed by atoms with Gasteiger partial charge in [-0.05, 0) is 64.0 Å². The summed E-state index contributed by atoms with van der Waals surface area (Å²) in [4.78, 5) is 17.2. The minimum absolute atomic E-state index is 0.0751. The van der Waals surface area contributed by atoms with Crippen LogP contribution in [-0.2, 0) is 24.8 Å². The molecule has 0 bridgehead atoms. The predicted molar refractivity (Wildman–Crippen MR) is 110 cm³/mol. The van der Waals surface area contributed by atoms with Gasteiger partial charge in [-0.2, -0.15) is 5.10 Å². The second-order valence-electron chi connectivity index (χ2n) is 7.77. The summed E-state index contributed by atoms with van der Waals surface area (Å²) in [5, 5.41) is 4.74. The normalized spacial score (nSPS) is 17.2. The lowest BCUT2D eigenvalue weighted by Crippen LogP contribution is -2.39. The maximum atomic E-state index is 13.1. The van der Waals surface area contributed by atoms with Crippen molar-refractivity contribution in [2.45, 2.75) is 45.2 Å². The van der Waals surface area contributed by atoms with Crippen LogP contribution in [0.25, 0.3) is 0 Å². The maximum Gasteiger partial charge on any atom is 0.227 e. The maximum absolute atomic E-state index is 13.1. The molecule has 1 saturated heterocycles. The highest BCUT2D eigenvalue weighted by Gasteiger charge is 2.30. The summed E-state index contributed by atoms with van der Waals surface area (Å²) >= 11 is 0. The molecule has 0 saturated carbocycles. The van der Waals surface area contributed by atoms with E-state index in [1.165, 1.54) is 5.69 Å². The van der Waals surface area contributed by atoms with E-state index in [0.717, 1.165) is 49.4 Å². The van der Waals surface area contributed by atoms with E-state index < -0.39 is 0 Å². The van der Waals surface area contributed by atoms with E-state index in [4.69, 9.17) is 9.84 Å². The predicted octanol–water partition coefficient (Wildman–Crippen LogP) is 3.18. The summed E-state index contributed by atoms with van der Waals surface area (Å²) in [6, 6.07) is 10.1. The molecular weight excluding hydrogens is 352 g/mol. The minimum Gasteiger partial charge on any atom is -0.494 e. The van der Waals surface area contributed by atoms with Gasteiger partial charge in [-0.1, -0.05) is 12.1 Å². The summed E-state index contributed by atoms with van der Waals surface area (Å²) in [7, 11) is 6.09. The molecule has 1 aliphatic rings. The van der Waals surface area contributed by atoms with Crippen LogP contribution in [0.15, 0.2) is 30.3 Å². The first-order valence-corrected chi connectivity index (χ1v) is 10.2. The van der Waals surface area contributed by atoms with Crippen LogP contribution in [0.3, 0.4) is 0 Å². The average molecular weight is 385 g/mol. The zero-order chi connectivity index (χ0) is 20.1. The Morgan fingerprint density at radius 2 is 2.00 bits per heavy atom. The molecule has 1 fully saturated rings. The second kappa shape index (κ2) is 9.24. The lowest BCUT2D eigenvalue weighted by Gasteiger charge is -2.35. The Labute approximate surface area is 168 Å². The van der Waals surface area contributed by atoms with Crippen molar-refractivity contribution in [3.05, 3.63) is 47.3 Å². The Bertz CT molecular complexity index is 782. The number of rotatable bonds is 7. The number of ether oxygens (including phenoxy) is 1. The van der Waals surface area contributed by atoms with Crippen molar-refractivity contribution in [2.24, 2.45) is 7.05 Å². The van der Waals surface area contributed by atoms with E-state index in [1.54, 1.807) is 0 Å². The van der Waals surface area contributed by atoms with Crippen molar-refractivity contribution in [3.8, 4) is 5.75 Å². The highest BCUT2D eigenvalue weighted by molar-refractivity contribution is 5.79. The Hall–Kier alpha value is -2.34. The van der Waals surface area contributed by atoms with Crippen molar-refractivity contribution in [3.63, 3.8) is 0 Å². The fraction of sp³-hybridized carbons (Fsp3) is 0.545. The van der Waals surface area contributed by atoms with E-state index in [0.29, 0.717) is 13.0 Å². The molecule has 3 rings (SSSR count). The SMILES string of the molecule is CCOc1ccc(CC(=O)N2CCCCC2c2cc(CN(C)C)n(C)n2)cc1. The molecule has 1 amide bonds. The van der Waals surface area contributed by atoms with Crippen LogP contribution in [0.2, 0.25) is 0 Å². The van der Waals surface area contributed by atoms with E-state index >= 15 is 0 Å². The molecule has 1 atom stereocenters. The molecule has 2 heterocycles. The fourth-order valence-corrected chi connectivity index (χ4v) is 3.85. The number of nitrogens with zero attached hydrogens (tertiary/aromatic N) is 4. The Kier molecular flexibility index (Phi) is 6.73. The number of aromatic nitrogens is 2. The molecule has 1 unspecified atom stereocenters. The summed E-state index contributed by atoms with van der Waals surface area (Å²) in [6.07, 6.45) is 3.59. The molecule has 0 N–H and O–H groups in total. The lowest BCUT2D eigenvalue weighted by atomic mass is 9.98. The number of benzene rings is 1. The Morgan fingerprint density at radius 3 is 2.68 bits per heavy atom. The van der Waals surface area contributed by atoms with Crippen molar-refractivity contribution in [1.29, 1.82) is 0 Å². The van der Waals surface area contributed by atoms with Gasteiger partial charge in [0.15, 0.2) is 0 Å². The average Bonchev–Trinajstić information content (AvgIpc) is 3.03. The van der Waals surface area contributed by atoms with Crippen LogP contribution in [0.1, 0.15) is 49.2 Å². The van der Waals surface area contributed by atoms with Gasteiger partial charge >= 0.3 is 0 Å². The van der Waals surface area contributed by atoms with Gasteiger partial charge < -0.3 is 14.5 Å². The number of amides is 1. The number of piperidine rings is 1. The van der Waals surface area contributed by atoms with Crippen LogP contribution >= 0.6 is 0 Å². The highest BCUT2D eigenvalue weighted by atomic mass is 16.5. The molecule has 1 aromatic carbocycles. The van der Waals surface area contributed by atoms with Crippen molar-refractivity contribution in [2.75, 3.05) is 27.2 Å². The first-order valence-electron chi connectivity index (χ1n) is 10.2. The van der Waals surface area contributed by atoms with Crippen LogP contribution < -0.4 is 4.74 Å². The Balaban J connectivity index is 1.72. The molecule has 1 aromatic heterocycles. The van der Waals surface area contributed by atoms with E-state index in [9.17, 15) is 4.79 Å². The van der Waals surface area contributed by atoms with Crippen LogP contribution in [-0.4, -0.2) is 52.7 Å². The van der Waals surface area contributed by atoms with Gasteiger partial charge in [0.25, 0.3) is 0 Å². The molecule has 0 radical (unpaired) electrons. The van der Waals surface area contributed by atoms with E-state index in [-0.39, 0.29) is 11.9 Å². The molecule has 6 nitrogen and oxygen atoms in total. The van der Waals surface area contributed by atoms with Crippen molar-refractivity contribution >= 4 is 5.91 Å². The molecule has 0 aliphatic carbocycles. The van der Waals surface area contributed by atoms with Crippen LogP contribution in [0.4, 0.5) is 0 Å². The molecule has 0 spiro atoms. The van der Waals surface area contributed by atoms with Gasteiger partial charge in [0, 0.05) is 20.1 Å². The van der Waals surface area contributed by atoms with Gasteiger partial charge in [-0.15, -0.1) is 0 Å². The smallest absolute Gasteiger partial charge is 0.227 e.